The average Bonchev–Trinajstić information content (AvgIpc) is 3.16. The van der Waals surface area contributed by atoms with Gasteiger partial charge in [-0.3, -0.25) is 9.59 Å². The maximum Gasteiger partial charge on any atom is 0.338 e. The van der Waals surface area contributed by atoms with Gasteiger partial charge in [0.15, 0.2) is 30.9 Å². The van der Waals surface area contributed by atoms with Crippen LogP contribution in [0.3, 0.4) is 0 Å². The Kier molecular flexibility index (Phi) is 13.2. The van der Waals surface area contributed by atoms with Gasteiger partial charge in [0, 0.05) is 21.0 Å². The summed E-state index contributed by atoms with van der Waals surface area (Å²) < 4.78 is 52.1. The lowest BCUT2D eigenvalue weighted by Gasteiger charge is -2.44. The molecule has 3 aromatic carbocycles. The molecule has 52 heavy (non-hydrogen) atoms. The Hall–Kier alpha value is -5.41. The number of esters is 5. The topological polar surface area (TPSA) is 168 Å². The van der Waals surface area contributed by atoms with Gasteiger partial charge >= 0.3 is 29.8 Å². The summed E-state index contributed by atoms with van der Waals surface area (Å²) in [7, 11) is 1.31. The molecule has 0 spiro atoms. The van der Waals surface area contributed by atoms with E-state index < -0.39 is 79.1 Å². The summed E-state index contributed by atoms with van der Waals surface area (Å²) in [4.78, 5) is 63.7. The minimum absolute atomic E-state index is 0.180. The molecular formula is C38H38O14. The van der Waals surface area contributed by atoms with Crippen molar-refractivity contribution in [2.45, 2.75) is 63.1 Å². The van der Waals surface area contributed by atoms with Crippen LogP contribution in [0, 0.1) is 0 Å². The number of carbonyl (C=O) groups excluding carboxylic acids is 5. The Balaban J connectivity index is 1.46. The zero-order chi connectivity index (χ0) is 37.0. The van der Waals surface area contributed by atoms with Crippen LogP contribution in [0.15, 0.2) is 103 Å². The molecule has 1 fully saturated rings. The standard InChI is InChI=1S/C38H38O14/c1-23(39)45-21-29-28(47-24(2)40)19-20-31(48-29)46-22-30-32(50-35(41)25-13-7-4-8-14-25)33(51-36(42)26-15-9-5-10-16-26)34(38(44-3)49-30)52-37(43)27-17-11-6-12-18-27/h4-20,28-34,38H,21-22H2,1-3H3/t28-,29?,30?,31+,32?,33?,34?,38?/m0/s1. The highest BCUT2D eigenvalue weighted by Gasteiger charge is 2.53. The minimum Gasteiger partial charge on any atom is -0.463 e. The maximum atomic E-state index is 13.6. The first kappa shape index (κ1) is 37.8. The van der Waals surface area contributed by atoms with Crippen LogP contribution in [0.5, 0.6) is 0 Å². The van der Waals surface area contributed by atoms with Gasteiger partial charge in [0.2, 0.25) is 0 Å². The van der Waals surface area contributed by atoms with Crippen LogP contribution in [0.4, 0.5) is 0 Å². The molecule has 274 valence electrons. The van der Waals surface area contributed by atoms with E-state index in [1.54, 1.807) is 66.7 Å². The molecule has 5 rings (SSSR count). The van der Waals surface area contributed by atoms with E-state index >= 15 is 0 Å². The summed E-state index contributed by atoms with van der Waals surface area (Å²) in [5.41, 5.74) is 0.565. The first-order valence-corrected chi connectivity index (χ1v) is 16.3. The Morgan fingerprint density at radius 1 is 0.558 bits per heavy atom. The fourth-order valence-electron chi connectivity index (χ4n) is 5.45. The van der Waals surface area contributed by atoms with E-state index in [1.165, 1.54) is 57.4 Å². The zero-order valence-electron chi connectivity index (χ0n) is 28.6. The molecular weight excluding hydrogens is 680 g/mol. The lowest BCUT2D eigenvalue weighted by atomic mass is 9.97. The maximum absolute atomic E-state index is 13.6. The minimum atomic E-state index is -1.48. The second-order valence-corrected chi connectivity index (χ2v) is 11.6. The monoisotopic (exact) mass is 718 g/mol. The van der Waals surface area contributed by atoms with Crippen LogP contribution in [0.25, 0.3) is 0 Å². The fraction of sp³-hybridized carbons (Fsp3) is 0.342. The molecule has 0 aliphatic carbocycles. The van der Waals surface area contributed by atoms with E-state index in [2.05, 4.69) is 0 Å². The third-order valence-corrected chi connectivity index (χ3v) is 7.89. The first-order chi connectivity index (χ1) is 25.1. The highest BCUT2D eigenvalue weighted by atomic mass is 16.7. The Morgan fingerprint density at radius 2 is 1.06 bits per heavy atom. The molecule has 14 heteroatoms. The molecule has 0 saturated carbocycles. The molecule has 2 aliphatic heterocycles. The van der Waals surface area contributed by atoms with E-state index in [0.717, 1.165) is 0 Å². The summed E-state index contributed by atoms with van der Waals surface area (Å²) in [6, 6.07) is 24.3. The van der Waals surface area contributed by atoms with Gasteiger partial charge in [0.05, 0.1) is 23.3 Å². The highest BCUT2D eigenvalue weighted by molar-refractivity contribution is 5.91. The molecule has 0 bridgehead atoms. The Labute approximate surface area is 299 Å². The van der Waals surface area contributed by atoms with Crippen molar-refractivity contribution in [1.29, 1.82) is 0 Å². The third kappa shape index (κ3) is 10.1. The predicted octanol–water partition coefficient (Wildman–Crippen LogP) is 3.83. The Bertz CT molecular complexity index is 1700. The number of carbonyl (C=O) groups is 5. The molecule has 0 radical (unpaired) electrons. The highest BCUT2D eigenvalue weighted by Crippen LogP contribution is 2.32. The molecule has 14 nitrogen and oxygen atoms in total. The van der Waals surface area contributed by atoms with Crippen molar-refractivity contribution in [2.24, 2.45) is 0 Å². The number of ether oxygens (including phenoxy) is 9. The average molecular weight is 719 g/mol. The van der Waals surface area contributed by atoms with Crippen molar-refractivity contribution in [2.75, 3.05) is 20.3 Å². The van der Waals surface area contributed by atoms with E-state index in [0.29, 0.717) is 0 Å². The van der Waals surface area contributed by atoms with Crippen molar-refractivity contribution in [3.8, 4) is 0 Å². The molecule has 8 atom stereocenters. The van der Waals surface area contributed by atoms with E-state index in [1.807, 2.05) is 0 Å². The van der Waals surface area contributed by atoms with Crippen LogP contribution >= 0.6 is 0 Å². The van der Waals surface area contributed by atoms with Gasteiger partial charge in [-0.15, -0.1) is 0 Å². The van der Waals surface area contributed by atoms with Crippen LogP contribution in [-0.4, -0.2) is 99.4 Å². The normalized spacial score (nSPS) is 25.3. The molecule has 0 aromatic heterocycles. The summed E-state index contributed by atoms with van der Waals surface area (Å²) in [5.74, 6) is -3.51. The molecule has 2 aliphatic rings. The van der Waals surface area contributed by atoms with E-state index in [4.69, 9.17) is 42.6 Å². The lowest BCUT2D eigenvalue weighted by molar-refractivity contribution is -0.301. The molecule has 0 N–H and O–H groups in total. The SMILES string of the molecule is COC1OC(CO[C@H]2C=C[C@H](OC(C)=O)C(COC(C)=O)O2)C(OC(=O)c2ccccc2)C(OC(=O)c2ccccc2)C1OC(=O)c1ccccc1. The molecule has 6 unspecified atom stereocenters. The van der Waals surface area contributed by atoms with E-state index in [9.17, 15) is 24.0 Å². The lowest BCUT2D eigenvalue weighted by Crippen LogP contribution is -2.63. The van der Waals surface area contributed by atoms with Crippen molar-refractivity contribution >= 4 is 29.8 Å². The zero-order valence-corrected chi connectivity index (χ0v) is 28.6. The summed E-state index contributed by atoms with van der Waals surface area (Å²) >= 11 is 0. The van der Waals surface area contributed by atoms with Gasteiger partial charge in [0.25, 0.3) is 0 Å². The van der Waals surface area contributed by atoms with Crippen molar-refractivity contribution in [3.63, 3.8) is 0 Å². The van der Waals surface area contributed by atoms with E-state index in [-0.39, 0.29) is 29.9 Å². The molecule has 1 saturated heterocycles. The number of rotatable bonds is 13. The summed E-state index contributed by atoms with van der Waals surface area (Å²) in [6.45, 7) is 1.86. The van der Waals surface area contributed by atoms with Crippen LogP contribution < -0.4 is 0 Å². The van der Waals surface area contributed by atoms with Crippen LogP contribution in [0.1, 0.15) is 44.9 Å². The van der Waals surface area contributed by atoms with Gasteiger partial charge in [-0.05, 0) is 48.6 Å². The number of hydrogen-bond donors (Lipinski definition) is 0. The number of benzene rings is 3. The van der Waals surface area contributed by atoms with Crippen molar-refractivity contribution in [1.82, 2.24) is 0 Å². The van der Waals surface area contributed by atoms with Gasteiger partial charge in [-0.25, -0.2) is 14.4 Å². The summed E-state index contributed by atoms with van der Waals surface area (Å²) in [5, 5.41) is 0. The fourth-order valence-corrected chi connectivity index (χ4v) is 5.45. The molecule has 0 amide bonds. The second-order valence-electron chi connectivity index (χ2n) is 11.6. The van der Waals surface area contributed by atoms with Crippen LogP contribution in [-0.2, 0) is 52.2 Å². The van der Waals surface area contributed by atoms with Crippen molar-refractivity contribution in [3.05, 3.63) is 120 Å². The van der Waals surface area contributed by atoms with Gasteiger partial charge < -0.3 is 42.6 Å². The predicted molar refractivity (Wildman–Crippen MR) is 179 cm³/mol. The smallest absolute Gasteiger partial charge is 0.338 e. The van der Waals surface area contributed by atoms with Gasteiger partial charge in [-0.1, -0.05) is 54.6 Å². The first-order valence-electron chi connectivity index (χ1n) is 16.3. The van der Waals surface area contributed by atoms with Crippen LogP contribution in [0.2, 0.25) is 0 Å². The van der Waals surface area contributed by atoms with Crippen molar-refractivity contribution < 1.29 is 66.6 Å². The Morgan fingerprint density at radius 3 is 1.54 bits per heavy atom. The third-order valence-electron chi connectivity index (χ3n) is 7.89. The van der Waals surface area contributed by atoms with Gasteiger partial charge in [0.1, 0.15) is 24.9 Å². The number of methoxy groups -OCH3 is 1. The largest absolute Gasteiger partial charge is 0.463 e. The molecule has 3 aromatic rings. The number of hydrogen-bond acceptors (Lipinski definition) is 14. The summed E-state index contributed by atoms with van der Waals surface area (Å²) in [6.07, 6.45) is -6.75. The van der Waals surface area contributed by atoms with Gasteiger partial charge in [-0.2, -0.15) is 0 Å². The molecule has 2 heterocycles. The second kappa shape index (κ2) is 18.2. The quantitative estimate of drug-likeness (QED) is 0.142.